The van der Waals surface area contributed by atoms with E-state index in [1.54, 1.807) is 0 Å². The number of likely N-dealkylation sites (tertiary alicyclic amines) is 1. The normalized spacial score (nSPS) is 20.6. The minimum Gasteiger partial charge on any atom is -0.465 e. The first-order valence-electron chi connectivity index (χ1n) is 6.27. The number of carbonyl (C=O) groups excluding carboxylic acids is 1. The van der Waals surface area contributed by atoms with Gasteiger partial charge in [0.05, 0.1) is 0 Å². The van der Waals surface area contributed by atoms with E-state index in [9.17, 15) is 14.7 Å². The van der Waals surface area contributed by atoms with Crippen molar-refractivity contribution in [1.29, 1.82) is 0 Å². The summed E-state index contributed by atoms with van der Waals surface area (Å²) in [5.41, 5.74) is 1.07. The Bertz CT molecular complexity index is 430. The van der Waals surface area contributed by atoms with Gasteiger partial charge in [-0.3, -0.25) is 4.79 Å². The van der Waals surface area contributed by atoms with Crippen LogP contribution in [0, 0.1) is 0 Å². The Kier molecular flexibility index (Phi) is 3.97. The lowest BCUT2D eigenvalue weighted by molar-refractivity contribution is -0.130. The first kappa shape index (κ1) is 12.6. The van der Waals surface area contributed by atoms with Crippen LogP contribution >= 0.6 is 0 Å². The molecule has 1 saturated heterocycles. The summed E-state index contributed by atoms with van der Waals surface area (Å²) < 4.78 is 0. The highest BCUT2D eigenvalue weighted by Gasteiger charge is 2.31. The third-order valence-corrected chi connectivity index (χ3v) is 3.33. The van der Waals surface area contributed by atoms with Crippen LogP contribution in [0.2, 0.25) is 0 Å². The highest BCUT2D eigenvalue weighted by molar-refractivity contribution is 5.91. The van der Waals surface area contributed by atoms with Crippen molar-refractivity contribution in [2.45, 2.75) is 38.1 Å². The average molecular weight is 247 g/mol. The van der Waals surface area contributed by atoms with Crippen LogP contribution in [-0.4, -0.2) is 28.0 Å². The predicted octanol–water partition coefficient (Wildman–Crippen LogP) is 2.68. The zero-order valence-corrected chi connectivity index (χ0v) is 10.2. The van der Waals surface area contributed by atoms with Gasteiger partial charge in [-0.25, -0.2) is 9.69 Å². The molecular formula is C14H17NO3. The van der Waals surface area contributed by atoms with E-state index in [4.69, 9.17) is 0 Å². The number of imide groups is 1. The summed E-state index contributed by atoms with van der Waals surface area (Å²) in [5.74, 6) is -0.263. The van der Waals surface area contributed by atoms with E-state index < -0.39 is 6.09 Å². The maximum Gasteiger partial charge on any atom is 0.414 e. The maximum atomic E-state index is 11.8. The molecule has 4 nitrogen and oxygen atoms in total. The van der Waals surface area contributed by atoms with E-state index in [0.717, 1.165) is 29.7 Å². The second kappa shape index (κ2) is 5.67. The van der Waals surface area contributed by atoms with Crippen LogP contribution in [0.1, 0.15) is 31.2 Å². The number of carboxylic acid groups (broad SMARTS) is 1. The largest absolute Gasteiger partial charge is 0.465 e. The van der Waals surface area contributed by atoms with E-state index in [2.05, 4.69) is 0 Å². The lowest BCUT2D eigenvalue weighted by Crippen LogP contribution is -2.43. The summed E-state index contributed by atoms with van der Waals surface area (Å²) in [6, 6.07) is 9.50. The van der Waals surface area contributed by atoms with E-state index in [0.29, 0.717) is 12.8 Å². The summed E-state index contributed by atoms with van der Waals surface area (Å²) in [6.45, 7) is 0. The molecule has 1 unspecified atom stereocenters. The van der Waals surface area contributed by atoms with Crippen LogP contribution in [0.4, 0.5) is 4.79 Å². The fourth-order valence-corrected chi connectivity index (χ4v) is 2.45. The van der Waals surface area contributed by atoms with Crippen molar-refractivity contribution in [1.82, 2.24) is 4.90 Å². The smallest absolute Gasteiger partial charge is 0.414 e. The highest BCUT2D eigenvalue weighted by Crippen LogP contribution is 2.21. The van der Waals surface area contributed by atoms with Crippen LogP contribution in [0.15, 0.2) is 30.3 Å². The first-order chi connectivity index (χ1) is 8.68. The summed E-state index contributed by atoms with van der Waals surface area (Å²) >= 11 is 0. The van der Waals surface area contributed by atoms with Gasteiger partial charge in [0.25, 0.3) is 0 Å². The Balaban J connectivity index is 2.17. The van der Waals surface area contributed by atoms with Crippen molar-refractivity contribution in [3.8, 4) is 0 Å². The van der Waals surface area contributed by atoms with Crippen molar-refractivity contribution in [2.24, 2.45) is 0 Å². The van der Waals surface area contributed by atoms with Gasteiger partial charge in [-0.05, 0) is 24.8 Å². The molecule has 0 aliphatic carbocycles. The van der Waals surface area contributed by atoms with Gasteiger partial charge < -0.3 is 5.11 Å². The molecule has 1 aliphatic rings. The monoisotopic (exact) mass is 247 g/mol. The molecule has 1 fully saturated rings. The summed E-state index contributed by atoms with van der Waals surface area (Å²) in [4.78, 5) is 24.1. The third-order valence-electron chi connectivity index (χ3n) is 3.33. The molecule has 1 aromatic carbocycles. The zero-order chi connectivity index (χ0) is 13.0. The maximum absolute atomic E-state index is 11.8. The molecule has 0 spiro atoms. The molecule has 4 heteroatoms. The quantitative estimate of drug-likeness (QED) is 0.874. The van der Waals surface area contributed by atoms with Crippen LogP contribution in [-0.2, 0) is 11.2 Å². The molecule has 2 rings (SSSR count). The fourth-order valence-electron chi connectivity index (χ4n) is 2.45. The van der Waals surface area contributed by atoms with E-state index in [1.165, 1.54) is 0 Å². The molecular weight excluding hydrogens is 230 g/mol. The average Bonchev–Trinajstić information content (AvgIpc) is 2.52. The van der Waals surface area contributed by atoms with Gasteiger partial charge in [0.2, 0.25) is 5.91 Å². The molecule has 96 valence electrons. The minimum absolute atomic E-state index is 0.222. The molecule has 0 radical (unpaired) electrons. The number of benzene rings is 1. The Morgan fingerprint density at radius 1 is 1.28 bits per heavy atom. The van der Waals surface area contributed by atoms with Gasteiger partial charge in [0.1, 0.15) is 0 Å². The van der Waals surface area contributed by atoms with Crippen LogP contribution in [0.3, 0.4) is 0 Å². The molecule has 1 aromatic rings. The minimum atomic E-state index is -1.12. The first-order valence-corrected chi connectivity index (χ1v) is 6.27. The van der Waals surface area contributed by atoms with E-state index in [1.807, 2.05) is 30.3 Å². The number of carbonyl (C=O) groups is 2. The van der Waals surface area contributed by atoms with Gasteiger partial charge >= 0.3 is 6.09 Å². The highest BCUT2D eigenvalue weighted by atomic mass is 16.4. The summed E-state index contributed by atoms with van der Waals surface area (Å²) in [5, 5.41) is 9.19. The molecule has 1 aliphatic heterocycles. The number of rotatable bonds is 2. The zero-order valence-electron chi connectivity index (χ0n) is 10.2. The number of amides is 2. The molecule has 1 N–H and O–H groups in total. The molecule has 1 atom stereocenters. The summed E-state index contributed by atoms with van der Waals surface area (Å²) in [7, 11) is 0. The summed E-state index contributed by atoms with van der Waals surface area (Å²) in [6.07, 6.45) is 2.28. The van der Waals surface area contributed by atoms with E-state index >= 15 is 0 Å². The predicted molar refractivity (Wildman–Crippen MR) is 67.3 cm³/mol. The number of nitrogens with zero attached hydrogens (tertiary/aromatic N) is 1. The SMILES string of the molecule is O=C(O)N1C(=O)CCCCC1Cc1ccccc1. The van der Waals surface area contributed by atoms with Crippen molar-refractivity contribution in [3.05, 3.63) is 35.9 Å². The molecule has 18 heavy (non-hydrogen) atoms. The second-order valence-electron chi connectivity index (χ2n) is 4.64. The standard InChI is InChI=1S/C14H17NO3/c16-13-9-5-4-8-12(15(13)14(17)18)10-11-6-2-1-3-7-11/h1-3,6-7,12H,4-5,8-10H2,(H,17,18). The molecule has 0 saturated carbocycles. The Hall–Kier alpha value is -1.84. The molecule has 0 aromatic heterocycles. The van der Waals surface area contributed by atoms with Gasteiger partial charge in [-0.15, -0.1) is 0 Å². The van der Waals surface area contributed by atoms with Crippen molar-refractivity contribution >= 4 is 12.0 Å². The number of hydrogen-bond acceptors (Lipinski definition) is 2. The van der Waals surface area contributed by atoms with Gasteiger partial charge in [0.15, 0.2) is 0 Å². The molecule has 1 heterocycles. The van der Waals surface area contributed by atoms with Gasteiger partial charge in [0, 0.05) is 12.5 Å². The molecule has 0 bridgehead atoms. The lowest BCUT2D eigenvalue weighted by atomic mass is 10.0. The van der Waals surface area contributed by atoms with Crippen molar-refractivity contribution in [3.63, 3.8) is 0 Å². The topological polar surface area (TPSA) is 57.6 Å². The third kappa shape index (κ3) is 2.88. The number of hydrogen-bond donors (Lipinski definition) is 1. The van der Waals surface area contributed by atoms with Crippen LogP contribution in [0.5, 0.6) is 0 Å². The molecule has 2 amide bonds. The van der Waals surface area contributed by atoms with Crippen molar-refractivity contribution < 1.29 is 14.7 Å². The van der Waals surface area contributed by atoms with Gasteiger partial charge in [-0.1, -0.05) is 36.8 Å². The Morgan fingerprint density at radius 3 is 2.67 bits per heavy atom. The second-order valence-corrected chi connectivity index (χ2v) is 4.64. The lowest BCUT2D eigenvalue weighted by Gasteiger charge is -2.25. The van der Waals surface area contributed by atoms with Crippen molar-refractivity contribution in [2.75, 3.05) is 0 Å². The Labute approximate surface area is 106 Å². The van der Waals surface area contributed by atoms with Crippen LogP contribution < -0.4 is 0 Å². The van der Waals surface area contributed by atoms with E-state index in [-0.39, 0.29) is 11.9 Å². The Morgan fingerprint density at radius 2 is 2.00 bits per heavy atom. The van der Waals surface area contributed by atoms with Gasteiger partial charge in [-0.2, -0.15) is 0 Å². The fraction of sp³-hybridized carbons (Fsp3) is 0.429. The van der Waals surface area contributed by atoms with Crippen LogP contribution in [0.25, 0.3) is 0 Å².